The quantitative estimate of drug-likeness (QED) is 0.127. The molecule has 0 unspecified atom stereocenters. The van der Waals surface area contributed by atoms with Crippen LogP contribution in [0.3, 0.4) is 0 Å². The molecule has 0 spiro atoms. The second-order valence-corrected chi connectivity index (χ2v) is 7.92. The predicted octanol–water partition coefficient (Wildman–Crippen LogP) is -3.43. The van der Waals surface area contributed by atoms with Crippen molar-refractivity contribution in [3.8, 4) is 0 Å². The molecule has 0 aromatic carbocycles. The van der Waals surface area contributed by atoms with Crippen LogP contribution in [0, 0.1) is 0 Å². The first-order valence-electron chi connectivity index (χ1n) is 8.22. The molecule has 0 bridgehead atoms. The van der Waals surface area contributed by atoms with Crippen molar-refractivity contribution in [2.24, 2.45) is 5.16 Å². The van der Waals surface area contributed by atoms with E-state index in [9.17, 15) is 24.3 Å². The molecule has 15 heteroatoms. The first-order chi connectivity index (χ1) is 14.2. The zero-order chi connectivity index (χ0) is 22.0. The largest absolute Gasteiger partial charge is 1.00 e. The fraction of sp³-hybridized carbons (Fsp3) is 0.250. The van der Waals surface area contributed by atoms with Gasteiger partial charge < -0.3 is 27.5 Å². The minimum atomic E-state index is -1.30. The van der Waals surface area contributed by atoms with E-state index < -0.39 is 41.8 Å². The standard InChI is InChI=1S/C16H15N5O7S2.Na.H/c1-2-6-4-29-14-10(13(25)21(14)11(6)15(26)27)19-12(24)9(20-28-3-8(22)23)7-5-30-16(17)18-7;;/h2,5,10,14H,1,3-4H2,(H2,17,18)(H,19,24)(H,22,23)(H,26,27);;/q;+1;-1/b20-9-;;/t10-,14-;;/m1../s1. The number of nitrogens with zero attached hydrogens (tertiary/aromatic N) is 3. The summed E-state index contributed by atoms with van der Waals surface area (Å²) in [6, 6.07) is -1.01. The number of thiazole rings is 1. The molecule has 1 aromatic rings. The second kappa shape index (κ2) is 10.3. The number of aliphatic carboxylic acids is 2. The van der Waals surface area contributed by atoms with E-state index in [1.54, 1.807) is 0 Å². The number of hydrogen-bond donors (Lipinski definition) is 4. The van der Waals surface area contributed by atoms with Crippen molar-refractivity contribution < 1.29 is 65.2 Å². The molecule has 0 aliphatic carbocycles. The number of nitrogen functional groups attached to an aromatic ring is 1. The van der Waals surface area contributed by atoms with Gasteiger partial charge in [-0.1, -0.05) is 17.8 Å². The monoisotopic (exact) mass is 477 g/mol. The zero-order valence-corrected chi connectivity index (χ0v) is 19.7. The maximum Gasteiger partial charge on any atom is 1.00 e. The minimum Gasteiger partial charge on any atom is -1.00 e. The number of fused-ring (bicyclic) bond motifs is 1. The minimum absolute atomic E-state index is 0. The Hall–Kier alpha value is -2.39. The Morgan fingerprint density at radius 1 is 1.48 bits per heavy atom. The number of allylic oxidation sites excluding steroid dienone is 1. The van der Waals surface area contributed by atoms with Crippen LogP contribution in [0.1, 0.15) is 7.12 Å². The Morgan fingerprint density at radius 2 is 2.19 bits per heavy atom. The van der Waals surface area contributed by atoms with Gasteiger partial charge in [0.25, 0.3) is 11.8 Å². The van der Waals surface area contributed by atoms with Gasteiger partial charge in [0, 0.05) is 11.1 Å². The fourth-order valence-electron chi connectivity index (χ4n) is 2.76. The SMILES string of the molecule is C=CC1=C(C(=O)O)N2C(=O)[C@@H](NC(=O)/C(=N\OCC(=O)O)c3csc(N)n3)[C@H]2SC1.[H-].[Na+]. The van der Waals surface area contributed by atoms with Gasteiger partial charge in [0.05, 0.1) is 0 Å². The number of carbonyl (C=O) groups is 4. The number of β-lactam (4-membered cyclic amide) rings is 1. The molecule has 31 heavy (non-hydrogen) atoms. The number of aromatic nitrogens is 1. The van der Waals surface area contributed by atoms with Gasteiger partial charge in [-0.25, -0.2) is 14.6 Å². The Balaban J connectivity index is 0.00000256. The average molecular weight is 477 g/mol. The Labute approximate surface area is 207 Å². The zero-order valence-electron chi connectivity index (χ0n) is 17.1. The second-order valence-electron chi connectivity index (χ2n) is 5.92. The van der Waals surface area contributed by atoms with Crippen molar-refractivity contribution in [2.75, 3.05) is 18.1 Å². The van der Waals surface area contributed by atoms with Crippen molar-refractivity contribution in [1.82, 2.24) is 15.2 Å². The molecular formula is C16H16N5NaO7S2. The maximum atomic E-state index is 12.7. The normalized spacial score (nSPS) is 20.2. The molecule has 0 saturated carbocycles. The van der Waals surface area contributed by atoms with Crippen LogP contribution in [0.15, 0.2) is 34.5 Å². The number of hydrogen-bond acceptors (Lipinski definition) is 10. The summed E-state index contributed by atoms with van der Waals surface area (Å²) in [5.41, 5.74) is 5.48. The number of carboxylic acid groups (broad SMARTS) is 2. The van der Waals surface area contributed by atoms with E-state index >= 15 is 0 Å². The molecule has 2 amide bonds. The van der Waals surface area contributed by atoms with E-state index in [1.807, 2.05) is 0 Å². The molecule has 3 heterocycles. The molecular weight excluding hydrogens is 461 g/mol. The number of oxime groups is 1. The smallest absolute Gasteiger partial charge is 1.00 e. The third-order valence-corrected chi connectivity index (χ3v) is 6.03. The summed E-state index contributed by atoms with van der Waals surface area (Å²) in [6.07, 6.45) is 1.38. The summed E-state index contributed by atoms with van der Waals surface area (Å²) in [4.78, 5) is 57.1. The molecule has 0 radical (unpaired) electrons. The van der Waals surface area contributed by atoms with Crippen LogP contribution in [0.4, 0.5) is 5.13 Å². The molecule has 5 N–H and O–H groups in total. The van der Waals surface area contributed by atoms with Crippen molar-refractivity contribution >= 4 is 57.7 Å². The molecule has 1 saturated heterocycles. The van der Waals surface area contributed by atoms with Crippen molar-refractivity contribution in [1.29, 1.82) is 0 Å². The van der Waals surface area contributed by atoms with Gasteiger partial charge >= 0.3 is 41.5 Å². The third-order valence-electron chi connectivity index (χ3n) is 4.06. The summed E-state index contributed by atoms with van der Waals surface area (Å²) in [6.45, 7) is 2.77. The van der Waals surface area contributed by atoms with Crippen LogP contribution < -0.4 is 40.6 Å². The van der Waals surface area contributed by atoms with Gasteiger partial charge in [-0.15, -0.1) is 23.1 Å². The topological polar surface area (TPSA) is 185 Å². The summed E-state index contributed by atoms with van der Waals surface area (Å²) >= 11 is 2.30. The van der Waals surface area contributed by atoms with Gasteiger partial charge in [-0.2, -0.15) is 0 Å². The van der Waals surface area contributed by atoms with E-state index in [-0.39, 0.29) is 53.2 Å². The first-order valence-corrected chi connectivity index (χ1v) is 10.1. The summed E-state index contributed by atoms with van der Waals surface area (Å²) in [5.74, 6) is -3.72. The average Bonchev–Trinajstić information content (AvgIpc) is 3.13. The van der Waals surface area contributed by atoms with Crippen LogP contribution in [-0.4, -0.2) is 73.3 Å². The molecule has 1 fully saturated rings. The molecule has 2 atom stereocenters. The maximum absolute atomic E-state index is 12.7. The molecule has 160 valence electrons. The van der Waals surface area contributed by atoms with Crippen LogP contribution in [0.2, 0.25) is 0 Å². The Morgan fingerprint density at radius 3 is 2.74 bits per heavy atom. The van der Waals surface area contributed by atoms with E-state index in [4.69, 9.17) is 10.8 Å². The van der Waals surface area contributed by atoms with Crippen LogP contribution in [0.5, 0.6) is 0 Å². The number of anilines is 1. The summed E-state index contributed by atoms with van der Waals surface area (Å²) < 4.78 is 0. The molecule has 3 rings (SSSR count). The van der Waals surface area contributed by atoms with Crippen molar-refractivity contribution in [2.45, 2.75) is 11.4 Å². The Kier molecular flexibility index (Phi) is 8.25. The molecule has 12 nitrogen and oxygen atoms in total. The number of nitrogens with two attached hydrogens (primary N) is 1. The van der Waals surface area contributed by atoms with Gasteiger partial charge in [0.15, 0.2) is 10.8 Å². The van der Waals surface area contributed by atoms with E-state index in [1.165, 1.54) is 23.2 Å². The molecule has 2 aliphatic rings. The van der Waals surface area contributed by atoms with E-state index in [2.05, 4.69) is 26.9 Å². The van der Waals surface area contributed by atoms with Crippen molar-refractivity contribution in [3.63, 3.8) is 0 Å². The van der Waals surface area contributed by atoms with E-state index in [0.717, 1.165) is 16.2 Å². The number of rotatable bonds is 8. The van der Waals surface area contributed by atoms with Gasteiger partial charge in [-0.3, -0.25) is 14.5 Å². The third kappa shape index (κ3) is 5.10. The van der Waals surface area contributed by atoms with E-state index in [0.29, 0.717) is 11.3 Å². The first kappa shape index (κ1) is 24.9. The van der Waals surface area contributed by atoms with Crippen molar-refractivity contribution in [3.05, 3.63) is 35.0 Å². The number of carbonyl (C=O) groups excluding carboxylic acids is 2. The number of thioether (sulfide) groups is 1. The fourth-order valence-corrected chi connectivity index (χ4v) is 4.65. The molecule has 1 aromatic heterocycles. The molecule has 2 aliphatic heterocycles. The predicted molar refractivity (Wildman–Crippen MR) is 108 cm³/mol. The number of amides is 2. The van der Waals surface area contributed by atoms with Crippen LogP contribution in [-0.2, 0) is 24.0 Å². The summed E-state index contributed by atoms with van der Waals surface area (Å²) in [7, 11) is 0. The number of nitrogens with one attached hydrogen (secondary N) is 1. The van der Waals surface area contributed by atoms with Gasteiger partial charge in [0.1, 0.15) is 22.8 Å². The van der Waals surface area contributed by atoms with Gasteiger partial charge in [-0.05, 0) is 5.57 Å². The van der Waals surface area contributed by atoms with Gasteiger partial charge in [0.2, 0.25) is 6.61 Å². The summed E-state index contributed by atoms with van der Waals surface area (Å²) in [5, 5.41) is 25.0. The van der Waals surface area contributed by atoms with Crippen LogP contribution in [0.25, 0.3) is 0 Å². The van der Waals surface area contributed by atoms with Crippen LogP contribution >= 0.6 is 23.1 Å². The Bertz CT molecular complexity index is 1010. The number of carboxylic acids is 2.